The smallest absolute Gasteiger partial charge is 0.353 e. The van der Waals surface area contributed by atoms with Crippen LogP contribution in [0.5, 0.6) is 0 Å². The standard InChI is InChI=1S/C11H10F3N7S2/c1-5-4-6(22-10-18-17-9(23-10)20(2)3)21-8(15-5)16-7(19-21)11(12,13)14/h4H,1-3H3. The first-order valence-corrected chi connectivity index (χ1v) is 7.87. The maximum atomic E-state index is 12.8. The third kappa shape index (κ3) is 3.22. The van der Waals surface area contributed by atoms with Crippen molar-refractivity contribution in [1.82, 2.24) is 29.8 Å². The summed E-state index contributed by atoms with van der Waals surface area (Å²) >= 11 is 2.49. The van der Waals surface area contributed by atoms with Gasteiger partial charge in [-0.15, -0.1) is 15.3 Å². The van der Waals surface area contributed by atoms with Crippen molar-refractivity contribution in [2.75, 3.05) is 19.0 Å². The van der Waals surface area contributed by atoms with Crippen LogP contribution in [-0.2, 0) is 6.18 Å². The first kappa shape index (κ1) is 15.9. The average molecular weight is 361 g/mol. The zero-order valence-corrected chi connectivity index (χ0v) is 13.8. The Morgan fingerprint density at radius 2 is 1.96 bits per heavy atom. The molecule has 0 aromatic carbocycles. The van der Waals surface area contributed by atoms with Crippen LogP contribution in [0.2, 0.25) is 0 Å². The Morgan fingerprint density at radius 1 is 1.22 bits per heavy atom. The predicted octanol–water partition coefficient (Wildman–Crippen LogP) is 2.52. The molecule has 0 radical (unpaired) electrons. The van der Waals surface area contributed by atoms with Gasteiger partial charge in [-0.05, 0) is 24.8 Å². The van der Waals surface area contributed by atoms with E-state index in [0.717, 1.165) is 16.3 Å². The molecule has 0 atom stereocenters. The third-order valence-electron chi connectivity index (χ3n) is 2.63. The molecular weight excluding hydrogens is 351 g/mol. The molecular formula is C11H10F3N7S2. The molecule has 3 rings (SSSR count). The minimum Gasteiger partial charge on any atom is -0.353 e. The topological polar surface area (TPSA) is 72.1 Å². The number of anilines is 1. The van der Waals surface area contributed by atoms with Crippen LogP contribution in [0.1, 0.15) is 11.5 Å². The van der Waals surface area contributed by atoms with E-state index in [1.165, 1.54) is 11.3 Å². The number of nitrogens with zero attached hydrogens (tertiary/aromatic N) is 7. The zero-order valence-electron chi connectivity index (χ0n) is 12.2. The molecule has 0 aliphatic carbocycles. The van der Waals surface area contributed by atoms with Crippen LogP contribution in [0.15, 0.2) is 15.4 Å². The second kappa shape index (κ2) is 5.60. The summed E-state index contributed by atoms with van der Waals surface area (Å²) < 4.78 is 40.0. The fraction of sp³-hybridized carbons (Fsp3) is 0.364. The molecule has 3 aromatic rings. The maximum absolute atomic E-state index is 12.8. The molecule has 3 heterocycles. The Morgan fingerprint density at radius 3 is 2.57 bits per heavy atom. The van der Waals surface area contributed by atoms with E-state index in [-0.39, 0.29) is 5.78 Å². The molecule has 0 amide bonds. The van der Waals surface area contributed by atoms with Crippen LogP contribution in [0.4, 0.5) is 18.3 Å². The highest BCUT2D eigenvalue weighted by Gasteiger charge is 2.37. The fourth-order valence-corrected chi connectivity index (χ4v) is 3.51. The number of rotatable bonds is 3. The van der Waals surface area contributed by atoms with Gasteiger partial charge in [0, 0.05) is 19.8 Å². The molecule has 122 valence electrons. The monoisotopic (exact) mass is 361 g/mol. The van der Waals surface area contributed by atoms with Gasteiger partial charge < -0.3 is 4.90 Å². The lowest BCUT2D eigenvalue weighted by Gasteiger charge is -2.04. The number of aromatic nitrogens is 6. The highest BCUT2D eigenvalue weighted by Crippen LogP contribution is 2.34. The van der Waals surface area contributed by atoms with Gasteiger partial charge in [0.05, 0.1) is 0 Å². The summed E-state index contributed by atoms with van der Waals surface area (Å²) in [6.45, 7) is 1.68. The number of hydrogen-bond donors (Lipinski definition) is 0. The van der Waals surface area contributed by atoms with E-state index in [9.17, 15) is 13.2 Å². The molecule has 0 unspecified atom stereocenters. The summed E-state index contributed by atoms with van der Waals surface area (Å²) in [6, 6.07) is 1.63. The summed E-state index contributed by atoms with van der Waals surface area (Å²) in [5.74, 6) is -1.32. The maximum Gasteiger partial charge on any atom is 0.453 e. The quantitative estimate of drug-likeness (QED) is 0.664. The van der Waals surface area contributed by atoms with Crippen LogP contribution in [0, 0.1) is 6.92 Å². The van der Waals surface area contributed by atoms with Gasteiger partial charge in [-0.1, -0.05) is 11.3 Å². The Bertz CT molecular complexity index is 855. The average Bonchev–Trinajstić information content (AvgIpc) is 3.04. The lowest BCUT2D eigenvalue weighted by atomic mass is 10.5. The minimum atomic E-state index is -4.62. The predicted molar refractivity (Wildman–Crippen MR) is 78.9 cm³/mol. The molecule has 0 saturated carbocycles. The van der Waals surface area contributed by atoms with Crippen molar-refractivity contribution >= 4 is 34.0 Å². The first-order valence-electron chi connectivity index (χ1n) is 6.24. The summed E-state index contributed by atoms with van der Waals surface area (Å²) in [5, 5.41) is 12.6. The molecule has 0 saturated heterocycles. The largest absolute Gasteiger partial charge is 0.453 e. The van der Waals surface area contributed by atoms with Crippen molar-refractivity contribution in [2.24, 2.45) is 0 Å². The van der Waals surface area contributed by atoms with E-state index < -0.39 is 12.0 Å². The van der Waals surface area contributed by atoms with Gasteiger partial charge in [0.1, 0.15) is 5.03 Å². The molecule has 23 heavy (non-hydrogen) atoms. The van der Waals surface area contributed by atoms with Gasteiger partial charge in [0.2, 0.25) is 5.13 Å². The summed E-state index contributed by atoms with van der Waals surface area (Å²) in [6.07, 6.45) is -4.62. The molecule has 7 nitrogen and oxygen atoms in total. The molecule has 0 aliphatic rings. The van der Waals surface area contributed by atoms with E-state index in [4.69, 9.17) is 0 Å². The first-order chi connectivity index (χ1) is 10.7. The Labute approximate surface area is 136 Å². The van der Waals surface area contributed by atoms with E-state index >= 15 is 0 Å². The van der Waals surface area contributed by atoms with E-state index in [0.29, 0.717) is 20.2 Å². The fourth-order valence-electron chi connectivity index (χ4n) is 1.66. The van der Waals surface area contributed by atoms with Gasteiger partial charge in [-0.3, -0.25) is 0 Å². The molecule has 3 aromatic heterocycles. The number of alkyl halides is 3. The Kier molecular flexibility index (Phi) is 3.88. The van der Waals surface area contributed by atoms with Crippen LogP contribution in [0.3, 0.4) is 0 Å². The minimum absolute atomic E-state index is 0.0998. The van der Waals surface area contributed by atoms with Crippen molar-refractivity contribution in [1.29, 1.82) is 0 Å². The number of aryl methyl sites for hydroxylation is 1. The van der Waals surface area contributed by atoms with E-state index in [1.807, 2.05) is 14.1 Å². The van der Waals surface area contributed by atoms with Crippen LogP contribution >= 0.6 is 23.1 Å². The van der Waals surface area contributed by atoms with Gasteiger partial charge in [0.25, 0.3) is 11.6 Å². The van der Waals surface area contributed by atoms with Crippen LogP contribution in [-0.4, -0.2) is 43.9 Å². The lowest BCUT2D eigenvalue weighted by molar-refractivity contribution is -0.144. The SMILES string of the molecule is Cc1cc(Sc2nnc(N(C)C)s2)n2nc(C(F)(F)F)nc2n1. The number of halogens is 3. The van der Waals surface area contributed by atoms with Crippen LogP contribution in [0.25, 0.3) is 5.78 Å². The van der Waals surface area contributed by atoms with Crippen LogP contribution < -0.4 is 4.90 Å². The molecule has 0 spiro atoms. The highest BCUT2D eigenvalue weighted by atomic mass is 32.2. The molecule has 0 fully saturated rings. The normalized spacial score (nSPS) is 12.1. The number of hydrogen-bond acceptors (Lipinski definition) is 8. The van der Waals surface area contributed by atoms with Crippen molar-refractivity contribution in [3.63, 3.8) is 0 Å². The zero-order chi connectivity index (χ0) is 16.8. The second-order valence-corrected chi connectivity index (χ2v) is 6.95. The van der Waals surface area contributed by atoms with Crippen molar-refractivity contribution in [2.45, 2.75) is 22.5 Å². The molecule has 0 aliphatic heterocycles. The molecule has 0 N–H and O–H groups in total. The van der Waals surface area contributed by atoms with Gasteiger partial charge >= 0.3 is 6.18 Å². The summed E-state index contributed by atoms with van der Waals surface area (Å²) in [5.41, 5.74) is 0.540. The summed E-state index contributed by atoms with van der Waals surface area (Å²) in [7, 11) is 3.66. The van der Waals surface area contributed by atoms with Crippen molar-refractivity contribution < 1.29 is 13.2 Å². The van der Waals surface area contributed by atoms with Gasteiger partial charge in [-0.2, -0.15) is 22.7 Å². The van der Waals surface area contributed by atoms with E-state index in [2.05, 4.69) is 25.3 Å². The Hall–Kier alpha value is -1.95. The highest BCUT2D eigenvalue weighted by molar-refractivity contribution is 8.01. The second-order valence-electron chi connectivity index (χ2n) is 4.73. The molecule has 0 bridgehead atoms. The number of fused-ring (bicyclic) bond motifs is 1. The van der Waals surface area contributed by atoms with Crippen molar-refractivity contribution in [3.8, 4) is 0 Å². The van der Waals surface area contributed by atoms with E-state index in [1.54, 1.807) is 17.9 Å². The summed E-state index contributed by atoms with van der Waals surface area (Å²) in [4.78, 5) is 9.22. The molecule has 12 heteroatoms. The Balaban J connectivity index is 2.03. The van der Waals surface area contributed by atoms with Gasteiger partial charge in [0.15, 0.2) is 4.34 Å². The third-order valence-corrected chi connectivity index (χ3v) is 4.77. The lowest BCUT2D eigenvalue weighted by Crippen LogP contribution is -2.07. The van der Waals surface area contributed by atoms with Crippen molar-refractivity contribution in [3.05, 3.63) is 17.6 Å². The van der Waals surface area contributed by atoms with Gasteiger partial charge in [-0.25, -0.2) is 4.98 Å².